The minimum atomic E-state index is -4.55. The predicted octanol–water partition coefficient (Wildman–Crippen LogP) is 3.72. The van der Waals surface area contributed by atoms with Gasteiger partial charge in [-0.2, -0.15) is 0 Å². The highest BCUT2D eigenvalue weighted by molar-refractivity contribution is 7.89. The van der Waals surface area contributed by atoms with Crippen LogP contribution in [0.25, 0.3) is 0 Å². The Morgan fingerprint density at radius 2 is 1.93 bits per heavy atom. The van der Waals surface area contributed by atoms with E-state index in [2.05, 4.69) is 4.98 Å². The first-order valence-electron chi connectivity index (χ1n) is 8.15. The van der Waals surface area contributed by atoms with Crippen molar-refractivity contribution < 1.29 is 35.2 Å². The van der Waals surface area contributed by atoms with E-state index in [1.165, 1.54) is 7.05 Å². The maximum absolute atomic E-state index is 14.1. The molecule has 0 aliphatic rings. The molecule has 0 saturated carbocycles. The minimum absolute atomic E-state index is 0.470. The van der Waals surface area contributed by atoms with Gasteiger partial charge < -0.3 is 9.88 Å². The number of carbonyl (C=O) groups excluding carboxylic acids is 1. The number of aromatic nitrogens is 2. The summed E-state index contributed by atoms with van der Waals surface area (Å²) in [4.78, 5) is 15.0. The van der Waals surface area contributed by atoms with Crippen LogP contribution in [-0.4, -0.2) is 35.8 Å². The number of carbonyl (C=O) groups is 1. The number of alkyl halides is 4. The molecule has 1 atom stereocenters. The van der Waals surface area contributed by atoms with Gasteiger partial charge in [-0.25, -0.2) is 35.1 Å². The van der Waals surface area contributed by atoms with Crippen LogP contribution in [0.4, 0.5) is 27.6 Å². The lowest BCUT2D eigenvalue weighted by Gasteiger charge is -2.20. The number of hydrogen-bond acceptors (Lipinski definition) is 4. The van der Waals surface area contributed by atoms with Crippen LogP contribution in [0.3, 0.4) is 0 Å². The molecule has 2 rings (SSSR count). The highest BCUT2D eigenvalue weighted by Gasteiger charge is 2.36. The van der Waals surface area contributed by atoms with Crippen LogP contribution in [0.15, 0.2) is 23.4 Å². The van der Waals surface area contributed by atoms with Crippen LogP contribution in [-0.2, 0) is 17.1 Å². The lowest BCUT2D eigenvalue weighted by atomic mass is 10.2. The number of pyridine rings is 1. The van der Waals surface area contributed by atoms with Gasteiger partial charge in [0.05, 0.1) is 16.8 Å². The third-order valence-corrected chi connectivity index (χ3v) is 6.10. The highest BCUT2D eigenvalue weighted by atomic mass is 35.5. The molecule has 7 nitrogen and oxygen atoms in total. The fraction of sp³-hybridized carbons (Fsp3) is 0.375. The summed E-state index contributed by atoms with van der Waals surface area (Å²) in [5.74, 6) is -5.97. The Bertz CT molecular complexity index is 1070. The molecule has 2 N–H and O–H groups in total. The fourth-order valence-corrected chi connectivity index (χ4v) is 4.31. The third kappa shape index (κ3) is 4.90. The molecular formula is C16H16ClF5N4O3S. The number of nitrogens with zero attached hydrogens (tertiary/aromatic N) is 2. The number of nitrogens with one attached hydrogen (secondary N) is 2. The van der Waals surface area contributed by atoms with E-state index < -0.39 is 67.1 Å². The van der Waals surface area contributed by atoms with Crippen molar-refractivity contribution in [3.8, 4) is 0 Å². The average Bonchev–Trinajstić information content (AvgIpc) is 2.90. The van der Waals surface area contributed by atoms with Crippen LogP contribution in [0.5, 0.6) is 0 Å². The molecule has 2 heterocycles. The quantitative estimate of drug-likeness (QED) is 0.598. The zero-order valence-corrected chi connectivity index (χ0v) is 17.3. The predicted molar refractivity (Wildman–Crippen MR) is 97.9 cm³/mol. The van der Waals surface area contributed by atoms with Crippen LogP contribution >= 0.6 is 11.6 Å². The van der Waals surface area contributed by atoms with Crippen molar-refractivity contribution in [3.05, 3.63) is 40.7 Å². The lowest BCUT2D eigenvalue weighted by Crippen LogP contribution is -2.43. The van der Waals surface area contributed by atoms with Crippen molar-refractivity contribution in [2.24, 2.45) is 7.05 Å². The van der Waals surface area contributed by atoms with Crippen LogP contribution in [0.2, 0.25) is 5.02 Å². The topological polar surface area (TPSA) is 93.1 Å². The van der Waals surface area contributed by atoms with Gasteiger partial charge >= 0.3 is 0 Å². The van der Waals surface area contributed by atoms with E-state index in [9.17, 15) is 35.2 Å². The maximum atomic E-state index is 14.1. The summed E-state index contributed by atoms with van der Waals surface area (Å²) >= 11 is 5.98. The van der Waals surface area contributed by atoms with Crippen molar-refractivity contribution in [2.45, 2.75) is 37.1 Å². The summed E-state index contributed by atoms with van der Waals surface area (Å²) in [6, 6.07) is -0.866. The van der Waals surface area contributed by atoms with Crippen LogP contribution in [0, 0.1) is 5.82 Å². The number of halogens is 6. The SMILES string of the molecule is C[C@@H](NS(=O)(=O)c1cn(C)c(C(=O)Nc2ccnc(C(F)F)c2F)c1Cl)C(C)(F)F. The first kappa shape index (κ1) is 24.0. The van der Waals surface area contributed by atoms with E-state index >= 15 is 0 Å². The first-order valence-corrected chi connectivity index (χ1v) is 10.0. The summed E-state index contributed by atoms with van der Waals surface area (Å²) < 4.78 is 93.8. The van der Waals surface area contributed by atoms with Gasteiger partial charge in [0.15, 0.2) is 5.82 Å². The van der Waals surface area contributed by atoms with E-state index in [4.69, 9.17) is 11.6 Å². The van der Waals surface area contributed by atoms with Crippen LogP contribution < -0.4 is 10.0 Å². The average molecular weight is 475 g/mol. The second-order valence-electron chi connectivity index (χ2n) is 6.38. The first-order chi connectivity index (χ1) is 13.7. The molecule has 166 valence electrons. The lowest BCUT2D eigenvalue weighted by molar-refractivity contribution is -0.00488. The van der Waals surface area contributed by atoms with Gasteiger partial charge in [0.25, 0.3) is 18.3 Å². The number of amides is 1. The second-order valence-corrected chi connectivity index (χ2v) is 8.44. The number of rotatable bonds is 7. The Hall–Kier alpha value is -2.25. The fourth-order valence-electron chi connectivity index (χ4n) is 2.31. The van der Waals surface area contributed by atoms with Gasteiger partial charge in [0, 0.05) is 26.4 Å². The summed E-state index contributed by atoms with van der Waals surface area (Å²) in [7, 11) is -3.33. The van der Waals surface area contributed by atoms with Crippen molar-refractivity contribution in [2.75, 3.05) is 5.32 Å². The zero-order chi connectivity index (χ0) is 23.0. The number of hydrogen-bond donors (Lipinski definition) is 2. The van der Waals surface area contributed by atoms with E-state index in [0.717, 1.165) is 30.0 Å². The number of sulfonamides is 1. The summed E-state index contributed by atoms with van der Waals surface area (Å²) in [5.41, 5.74) is -2.29. The van der Waals surface area contributed by atoms with E-state index in [-0.39, 0.29) is 0 Å². The molecule has 0 fully saturated rings. The van der Waals surface area contributed by atoms with Crippen molar-refractivity contribution in [3.63, 3.8) is 0 Å². The Morgan fingerprint density at radius 1 is 1.33 bits per heavy atom. The van der Waals surface area contributed by atoms with Crippen molar-refractivity contribution in [1.82, 2.24) is 14.3 Å². The summed E-state index contributed by atoms with van der Waals surface area (Å²) in [6.07, 6.45) is -1.49. The molecule has 0 aliphatic carbocycles. The molecule has 0 radical (unpaired) electrons. The smallest absolute Gasteiger partial charge is 0.283 e. The highest BCUT2D eigenvalue weighted by Crippen LogP contribution is 2.30. The molecule has 0 saturated heterocycles. The Balaban J connectivity index is 2.38. The maximum Gasteiger partial charge on any atom is 0.283 e. The molecule has 30 heavy (non-hydrogen) atoms. The summed E-state index contributed by atoms with van der Waals surface area (Å²) in [5, 5.41) is 1.38. The van der Waals surface area contributed by atoms with E-state index in [0.29, 0.717) is 6.92 Å². The molecule has 0 aliphatic heterocycles. The monoisotopic (exact) mass is 474 g/mol. The van der Waals surface area contributed by atoms with Crippen LogP contribution in [0.1, 0.15) is 36.5 Å². The van der Waals surface area contributed by atoms with Crippen molar-refractivity contribution in [1.29, 1.82) is 0 Å². The molecule has 0 aromatic carbocycles. The van der Waals surface area contributed by atoms with Gasteiger partial charge in [0.1, 0.15) is 16.3 Å². The normalized spacial score (nSPS) is 13.5. The second kappa shape index (κ2) is 8.47. The Kier molecular flexibility index (Phi) is 6.79. The molecule has 14 heteroatoms. The molecule has 0 spiro atoms. The Morgan fingerprint density at radius 3 is 2.47 bits per heavy atom. The van der Waals surface area contributed by atoms with E-state index in [1.807, 2.05) is 5.32 Å². The van der Waals surface area contributed by atoms with Gasteiger partial charge in [-0.05, 0) is 13.0 Å². The van der Waals surface area contributed by atoms with E-state index in [1.54, 1.807) is 4.72 Å². The Labute approximate surface area is 173 Å². The summed E-state index contributed by atoms with van der Waals surface area (Å²) in [6.45, 7) is 1.46. The zero-order valence-electron chi connectivity index (χ0n) is 15.7. The molecule has 0 unspecified atom stereocenters. The van der Waals surface area contributed by atoms with Gasteiger partial charge in [0.2, 0.25) is 10.0 Å². The largest absolute Gasteiger partial charge is 0.344 e. The third-order valence-electron chi connectivity index (χ3n) is 4.06. The number of anilines is 1. The molecule has 1 amide bonds. The molecule has 2 aromatic rings. The molecule has 2 aromatic heterocycles. The van der Waals surface area contributed by atoms with Crippen molar-refractivity contribution >= 4 is 33.2 Å². The van der Waals surface area contributed by atoms with Gasteiger partial charge in [-0.1, -0.05) is 11.6 Å². The number of aryl methyl sites for hydroxylation is 1. The minimum Gasteiger partial charge on any atom is -0.344 e. The molecule has 0 bridgehead atoms. The standard InChI is InChI=1S/C16H16ClF5N4O3S/c1-7(16(2,21)22)25-30(28,29)9-6-26(3)13(10(9)17)15(27)24-8-4-5-23-12(11(8)18)14(19)20/h4-7,14,25H,1-3H3,(H,23,24,27)/t7-/m1/s1. The van der Waals surface area contributed by atoms with Gasteiger partial charge in [-0.15, -0.1) is 0 Å². The van der Waals surface area contributed by atoms with Gasteiger partial charge in [-0.3, -0.25) is 9.78 Å². The molecular weight excluding hydrogens is 459 g/mol.